The molecule has 1 aromatic heterocycles. The number of anilines is 1. The molecule has 1 unspecified atom stereocenters. The standard InChI is InChI=1S/C16H21N5O3/c1-11-4-2-6-13(18-11)20-7-3-5-12(9-20)19-14(22)10-21-15(23)8-17-16(21)24/h2,4,6,12H,3,5,7-10H2,1H3,(H,17,24)(H,19,22). The highest BCUT2D eigenvalue weighted by Crippen LogP contribution is 2.18. The average Bonchev–Trinajstić information content (AvgIpc) is 2.87. The van der Waals surface area contributed by atoms with Gasteiger partial charge in [0.1, 0.15) is 12.4 Å². The summed E-state index contributed by atoms with van der Waals surface area (Å²) in [7, 11) is 0. The van der Waals surface area contributed by atoms with Gasteiger partial charge in [-0.05, 0) is 31.9 Å². The molecular formula is C16H21N5O3. The van der Waals surface area contributed by atoms with Crippen LogP contribution in [0.1, 0.15) is 18.5 Å². The molecule has 0 aliphatic carbocycles. The van der Waals surface area contributed by atoms with E-state index in [0.717, 1.165) is 35.8 Å². The summed E-state index contributed by atoms with van der Waals surface area (Å²) in [5, 5.41) is 5.32. The fourth-order valence-corrected chi connectivity index (χ4v) is 3.04. The van der Waals surface area contributed by atoms with Crippen molar-refractivity contribution in [1.82, 2.24) is 20.5 Å². The van der Waals surface area contributed by atoms with Crippen molar-refractivity contribution in [2.24, 2.45) is 0 Å². The Morgan fingerprint density at radius 1 is 1.42 bits per heavy atom. The lowest BCUT2D eigenvalue weighted by Crippen LogP contribution is -2.51. The number of aryl methyl sites for hydroxylation is 1. The van der Waals surface area contributed by atoms with E-state index in [-0.39, 0.29) is 30.9 Å². The number of hydrogen-bond acceptors (Lipinski definition) is 5. The number of imide groups is 1. The van der Waals surface area contributed by atoms with Gasteiger partial charge in [-0.25, -0.2) is 9.78 Å². The molecule has 8 nitrogen and oxygen atoms in total. The number of nitrogens with one attached hydrogen (secondary N) is 2. The van der Waals surface area contributed by atoms with Gasteiger partial charge in [0.25, 0.3) is 5.91 Å². The Balaban J connectivity index is 1.56. The molecule has 2 saturated heterocycles. The first-order valence-corrected chi connectivity index (χ1v) is 8.09. The van der Waals surface area contributed by atoms with Gasteiger partial charge in [0, 0.05) is 24.8 Å². The van der Waals surface area contributed by atoms with Crippen molar-refractivity contribution in [2.75, 3.05) is 31.1 Å². The van der Waals surface area contributed by atoms with Gasteiger partial charge in [-0.2, -0.15) is 0 Å². The highest BCUT2D eigenvalue weighted by atomic mass is 16.2. The smallest absolute Gasteiger partial charge is 0.325 e. The van der Waals surface area contributed by atoms with Crippen molar-refractivity contribution in [3.8, 4) is 0 Å². The molecule has 128 valence electrons. The Kier molecular flexibility index (Phi) is 4.64. The lowest BCUT2D eigenvalue weighted by molar-refractivity contribution is -0.130. The number of rotatable bonds is 4. The second-order valence-corrected chi connectivity index (χ2v) is 6.13. The zero-order chi connectivity index (χ0) is 17.1. The minimum Gasteiger partial charge on any atom is -0.355 e. The predicted octanol–water partition coefficient (Wildman–Crippen LogP) is 0.0268. The van der Waals surface area contributed by atoms with E-state index in [2.05, 4.69) is 20.5 Å². The third kappa shape index (κ3) is 3.64. The summed E-state index contributed by atoms with van der Waals surface area (Å²) in [6.45, 7) is 3.25. The summed E-state index contributed by atoms with van der Waals surface area (Å²) >= 11 is 0. The van der Waals surface area contributed by atoms with Gasteiger partial charge in [-0.3, -0.25) is 14.5 Å². The molecule has 0 radical (unpaired) electrons. The van der Waals surface area contributed by atoms with Crippen LogP contribution in [0, 0.1) is 6.92 Å². The van der Waals surface area contributed by atoms with Gasteiger partial charge in [0.05, 0.1) is 6.54 Å². The van der Waals surface area contributed by atoms with Crippen LogP contribution in [0.3, 0.4) is 0 Å². The Labute approximate surface area is 140 Å². The van der Waals surface area contributed by atoms with Crippen LogP contribution in [0.2, 0.25) is 0 Å². The monoisotopic (exact) mass is 331 g/mol. The van der Waals surface area contributed by atoms with Crippen LogP contribution in [-0.2, 0) is 9.59 Å². The predicted molar refractivity (Wildman–Crippen MR) is 87.5 cm³/mol. The molecule has 2 aliphatic heterocycles. The number of pyridine rings is 1. The maximum absolute atomic E-state index is 12.1. The zero-order valence-electron chi connectivity index (χ0n) is 13.6. The molecule has 0 saturated carbocycles. The topological polar surface area (TPSA) is 94.6 Å². The van der Waals surface area contributed by atoms with E-state index in [4.69, 9.17) is 0 Å². The van der Waals surface area contributed by atoms with Gasteiger partial charge in [0.15, 0.2) is 0 Å². The molecule has 0 bridgehead atoms. The number of piperidine rings is 1. The van der Waals surface area contributed by atoms with Crippen molar-refractivity contribution >= 4 is 23.7 Å². The summed E-state index contributed by atoms with van der Waals surface area (Å²) < 4.78 is 0. The number of hydrogen-bond donors (Lipinski definition) is 2. The SMILES string of the molecule is Cc1cccc(N2CCCC(NC(=O)CN3C(=O)CNC3=O)C2)n1. The van der Waals surface area contributed by atoms with Crippen molar-refractivity contribution in [2.45, 2.75) is 25.8 Å². The van der Waals surface area contributed by atoms with Gasteiger partial charge < -0.3 is 15.5 Å². The van der Waals surface area contributed by atoms with Crippen LogP contribution in [0.25, 0.3) is 0 Å². The molecule has 2 N–H and O–H groups in total. The summed E-state index contributed by atoms with van der Waals surface area (Å²) in [6, 6.07) is 5.35. The first-order chi connectivity index (χ1) is 11.5. The molecule has 2 fully saturated rings. The van der Waals surface area contributed by atoms with E-state index < -0.39 is 6.03 Å². The maximum atomic E-state index is 12.1. The van der Waals surface area contributed by atoms with Crippen LogP contribution in [-0.4, -0.2) is 60.0 Å². The van der Waals surface area contributed by atoms with Gasteiger partial charge >= 0.3 is 6.03 Å². The quantitative estimate of drug-likeness (QED) is 0.759. The van der Waals surface area contributed by atoms with Crippen LogP contribution in [0.4, 0.5) is 10.6 Å². The normalized spacial score (nSPS) is 21.0. The highest BCUT2D eigenvalue weighted by Gasteiger charge is 2.31. The number of carbonyl (C=O) groups is 3. The Morgan fingerprint density at radius 2 is 2.25 bits per heavy atom. The maximum Gasteiger partial charge on any atom is 0.325 e. The van der Waals surface area contributed by atoms with Crippen molar-refractivity contribution < 1.29 is 14.4 Å². The third-order valence-corrected chi connectivity index (χ3v) is 4.22. The Hall–Kier alpha value is -2.64. The van der Waals surface area contributed by atoms with E-state index in [1.165, 1.54) is 0 Å². The number of amides is 4. The van der Waals surface area contributed by atoms with E-state index >= 15 is 0 Å². The van der Waals surface area contributed by atoms with Crippen LogP contribution in [0.15, 0.2) is 18.2 Å². The summed E-state index contributed by atoms with van der Waals surface area (Å²) in [5.74, 6) is 0.219. The molecular weight excluding hydrogens is 310 g/mol. The lowest BCUT2D eigenvalue weighted by atomic mass is 10.1. The fraction of sp³-hybridized carbons (Fsp3) is 0.500. The molecule has 1 aromatic rings. The second kappa shape index (κ2) is 6.86. The Bertz CT molecular complexity index is 647. The molecule has 1 atom stereocenters. The summed E-state index contributed by atoms with van der Waals surface area (Å²) in [4.78, 5) is 42.8. The molecule has 2 aliphatic rings. The van der Waals surface area contributed by atoms with Crippen molar-refractivity contribution in [3.05, 3.63) is 23.9 Å². The van der Waals surface area contributed by atoms with E-state index in [1.807, 2.05) is 25.1 Å². The molecule has 3 heterocycles. The lowest BCUT2D eigenvalue weighted by Gasteiger charge is -2.34. The molecule has 8 heteroatoms. The van der Waals surface area contributed by atoms with Gasteiger partial charge in [-0.15, -0.1) is 0 Å². The molecule has 3 rings (SSSR count). The fourth-order valence-electron chi connectivity index (χ4n) is 3.04. The minimum absolute atomic E-state index is 0.0191. The highest BCUT2D eigenvalue weighted by molar-refractivity contribution is 6.04. The number of nitrogens with zero attached hydrogens (tertiary/aromatic N) is 3. The Morgan fingerprint density at radius 3 is 2.96 bits per heavy atom. The van der Waals surface area contributed by atoms with E-state index in [9.17, 15) is 14.4 Å². The van der Waals surface area contributed by atoms with Crippen LogP contribution in [0.5, 0.6) is 0 Å². The summed E-state index contributed by atoms with van der Waals surface area (Å²) in [5.41, 5.74) is 0.956. The number of aromatic nitrogens is 1. The molecule has 0 aromatic carbocycles. The second-order valence-electron chi connectivity index (χ2n) is 6.13. The first kappa shape index (κ1) is 16.2. The zero-order valence-corrected chi connectivity index (χ0v) is 13.6. The van der Waals surface area contributed by atoms with Crippen molar-refractivity contribution in [1.29, 1.82) is 0 Å². The van der Waals surface area contributed by atoms with Crippen LogP contribution < -0.4 is 15.5 Å². The minimum atomic E-state index is -0.510. The molecule has 0 spiro atoms. The van der Waals surface area contributed by atoms with Crippen molar-refractivity contribution in [3.63, 3.8) is 0 Å². The molecule has 24 heavy (non-hydrogen) atoms. The van der Waals surface area contributed by atoms with E-state index in [0.29, 0.717) is 6.54 Å². The van der Waals surface area contributed by atoms with Gasteiger partial charge in [0.2, 0.25) is 5.91 Å². The summed E-state index contributed by atoms with van der Waals surface area (Å²) in [6.07, 6.45) is 1.82. The van der Waals surface area contributed by atoms with Crippen LogP contribution >= 0.6 is 0 Å². The average molecular weight is 331 g/mol. The van der Waals surface area contributed by atoms with Gasteiger partial charge in [-0.1, -0.05) is 6.07 Å². The largest absolute Gasteiger partial charge is 0.355 e. The number of carbonyl (C=O) groups excluding carboxylic acids is 3. The third-order valence-electron chi connectivity index (χ3n) is 4.22. The number of urea groups is 1. The molecule has 4 amide bonds. The van der Waals surface area contributed by atoms with E-state index in [1.54, 1.807) is 0 Å². The first-order valence-electron chi connectivity index (χ1n) is 8.09.